The molecule has 1 atom stereocenters. The Kier molecular flexibility index (Phi) is 4.48. The molecule has 24 heavy (non-hydrogen) atoms. The van der Waals surface area contributed by atoms with Gasteiger partial charge in [0.1, 0.15) is 11.0 Å². The molecule has 1 aliphatic heterocycles. The number of methoxy groups -OCH3 is 1. The molecular formula is C16H18N4O3S. The highest BCUT2D eigenvalue weighted by Gasteiger charge is 2.35. The summed E-state index contributed by atoms with van der Waals surface area (Å²) in [6, 6.07) is 3.15. The third-order valence-electron chi connectivity index (χ3n) is 3.79. The van der Waals surface area contributed by atoms with E-state index in [1.807, 2.05) is 19.9 Å². The summed E-state index contributed by atoms with van der Waals surface area (Å²) in [6.45, 7) is 4.31. The number of amides is 1. The molecule has 0 radical (unpaired) electrons. The van der Waals surface area contributed by atoms with Crippen LogP contribution >= 0.6 is 11.3 Å². The first kappa shape index (κ1) is 16.4. The molecule has 2 aromatic heterocycles. The molecule has 0 bridgehead atoms. The number of ether oxygens (including phenoxy) is 1. The molecule has 0 aromatic carbocycles. The summed E-state index contributed by atoms with van der Waals surface area (Å²) in [5.41, 5.74) is 2.11. The molecule has 1 saturated heterocycles. The van der Waals surface area contributed by atoms with Crippen LogP contribution in [0.3, 0.4) is 0 Å². The van der Waals surface area contributed by atoms with Gasteiger partial charge in [0.15, 0.2) is 0 Å². The molecule has 1 fully saturated rings. The van der Waals surface area contributed by atoms with Crippen LogP contribution < -0.4 is 10.2 Å². The maximum absolute atomic E-state index is 12.7. The Bertz CT molecular complexity index is 769. The number of nitrogens with zero attached hydrogens (tertiary/aromatic N) is 3. The molecule has 126 valence electrons. The van der Waals surface area contributed by atoms with Crippen LogP contribution in [0.5, 0.6) is 0 Å². The van der Waals surface area contributed by atoms with Crippen LogP contribution in [0.4, 0.5) is 10.9 Å². The van der Waals surface area contributed by atoms with Crippen molar-refractivity contribution in [1.82, 2.24) is 9.97 Å². The van der Waals surface area contributed by atoms with E-state index in [2.05, 4.69) is 15.3 Å². The van der Waals surface area contributed by atoms with Gasteiger partial charge < -0.3 is 15.0 Å². The zero-order valence-corrected chi connectivity index (χ0v) is 14.5. The Labute approximate surface area is 143 Å². The predicted octanol–water partition coefficient (Wildman–Crippen LogP) is 2.16. The number of aromatic nitrogens is 2. The third kappa shape index (κ3) is 3.09. The second kappa shape index (κ2) is 6.56. The van der Waals surface area contributed by atoms with Crippen LogP contribution in [0.1, 0.15) is 28.2 Å². The van der Waals surface area contributed by atoms with Gasteiger partial charge in [0.2, 0.25) is 11.9 Å². The second-order valence-electron chi connectivity index (χ2n) is 5.58. The van der Waals surface area contributed by atoms with E-state index in [4.69, 9.17) is 4.74 Å². The summed E-state index contributed by atoms with van der Waals surface area (Å²) in [5.74, 6) is -0.0782. The third-order valence-corrected chi connectivity index (χ3v) is 4.72. The lowest BCUT2D eigenvalue weighted by molar-refractivity contribution is -0.117. The fraction of sp³-hybridized carbons (Fsp3) is 0.375. The lowest BCUT2D eigenvalue weighted by Crippen LogP contribution is -2.34. The van der Waals surface area contributed by atoms with Crippen LogP contribution in [0.25, 0.3) is 0 Å². The van der Waals surface area contributed by atoms with E-state index < -0.39 is 12.0 Å². The van der Waals surface area contributed by atoms with Gasteiger partial charge in [-0.3, -0.25) is 4.79 Å². The Balaban J connectivity index is 1.78. The Morgan fingerprint density at radius 1 is 1.38 bits per heavy atom. The number of carbonyl (C=O) groups is 2. The molecule has 0 spiro atoms. The minimum Gasteiger partial charge on any atom is -0.465 e. The lowest BCUT2D eigenvalue weighted by atomic mass is 10.2. The van der Waals surface area contributed by atoms with Crippen LogP contribution in [0, 0.1) is 13.8 Å². The summed E-state index contributed by atoms with van der Waals surface area (Å²) in [7, 11) is 1.33. The minimum atomic E-state index is -0.437. The summed E-state index contributed by atoms with van der Waals surface area (Å²) in [6.07, 6.45) is 0.619. The number of anilines is 2. The van der Waals surface area contributed by atoms with E-state index in [9.17, 15) is 9.59 Å². The molecule has 7 nitrogen and oxygen atoms in total. The highest BCUT2D eigenvalue weighted by Crippen LogP contribution is 2.32. The first-order valence-corrected chi connectivity index (χ1v) is 8.43. The molecule has 1 unspecified atom stereocenters. The van der Waals surface area contributed by atoms with Crippen molar-refractivity contribution in [2.45, 2.75) is 26.3 Å². The average molecular weight is 346 g/mol. The van der Waals surface area contributed by atoms with E-state index in [1.54, 1.807) is 16.3 Å². The van der Waals surface area contributed by atoms with Gasteiger partial charge in [-0.2, -0.15) is 0 Å². The number of carbonyl (C=O) groups excluding carboxylic acids is 2. The van der Waals surface area contributed by atoms with Crippen molar-refractivity contribution in [1.29, 1.82) is 0 Å². The molecule has 3 rings (SSSR count). The average Bonchev–Trinajstić information content (AvgIpc) is 3.13. The normalized spacial score (nSPS) is 17.2. The van der Waals surface area contributed by atoms with Crippen LogP contribution in [-0.4, -0.2) is 41.5 Å². The Hall–Kier alpha value is -2.48. The number of hydrogen-bond donors (Lipinski definition) is 1. The van der Waals surface area contributed by atoms with Crippen molar-refractivity contribution in [3.05, 3.63) is 34.5 Å². The maximum Gasteiger partial charge on any atom is 0.340 e. The number of hydrogen-bond acceptors (Lipinski definition) is 7. The molecule has 3 heterocycles. The van der Waals surface area contributed by atoms with Crippen LogP contribution in [-0.2, 0) is 9.53 Å². The van der Waals surface area contributed by atoms with Gasteiger partial charge in [-0.15, -0.1) is 11.3 Å². The Morgan fingerprint density at radius 3 is 2.75 bits per heavy atom. The van der Waals surface area contributed by atoms with Crippen molar-refractivity contribution in [2.24, 2.45) is 0 Å². The van der Waals surface area contributed by atoms with E-state index in [1.165, 1.54) is 18.4 Å². The maximum atomic E-state index is 12.7. The summed E-state index contributed by atoms with van der Waals surface area (Å²) < 4.78 is 4.77. The quantitative estimate of drug-likeness (QED) is 0.854. The fourth-order valence-corrected chi connectivity index (χ4v) is 3.66. The summed E-state index contributed by atoms with van der Waals surface area (Å²) in [4.78, 5) is 34.8. The van der Waals surface area contributed by atoms with Gasteiger partial charge in [0, 0.05) is 17.9 Å². The number of aryl methyl sites for hydroxylation is 2. The molecule has 2 aromatic rings. The van der Waals surface area contributed by atoms with Gasteiger partial charge in [-0.05, 0) is 37.8 Å². The second-order valence-corrected chi connectivity index (χ2v) is 6.48. The van der Waals surface area contributed by atoms with Crippen molar-refractivity contribution >= 4 is 34.2 Å². The summed E-state index contributed by atoms with van der Waals surface area (Å²) in [5, 5.41) is 5.50. The molecule has 1 aliphatic rings. The molecule has 1 amide bonds. The van der Waals surface area contributed by atoms with Gasteiger partial charge >= 0.3 is 5.97 Å². The molecule has 8 heteroatoms. The first-order chi connectivity index (χ1) is 11.5. The van der Waals surface area contributed by atoms with Crippen molar-refractivity contribution in [3.8, 4) is 0 Å². The van der Waals surface area contributed by atoms with E-state index in [0.717, 1.165) is 11.4 Å². The zero-order valence-electron chi connectivity index (χ0n) is 13.7. The summed E-state index contributed by atoms with van der Waals surface area (Å²) >= 11 is 1.35. The van der Waals surface area contributed by atoms with Crippen LogP contribution in [0.15, 0.2) is 17.5 Å². The van der Waals surface area contributed by atoms with Gasteiger partial charge in [-0.25, -0.2) is 14.8 Å². The minimum absolute atomic E-state index is 0.0923. The van der Waals surface area contributed by atoms with Gasteiger partial charge in [-0.1, -0.05) is 0 Å². The molecular weight excluding hydrogens is 328 g/mol. The number of nitrogens with one attached hydrogen (secondary N) is 1. The lowest BCUT2D eigenvalue weighted by Gasteiger charge is -2.17. The standard InChI is InChI=1S/C16H18N4O3S/c1-9-8-10(2)18-16(17-9)19-12-4-6-20(13(12)21)14-11(5-7-24-14)15(22)23-3/h5,7-8,12H,4,6H2,1-3H3,(H,17,18,19). The highest BCUT2D eigenvalue weighted by molar-refractivity contribution is 7.14. The van der Waals surface area contributed by atoms with E-state index in [0.29, 0.717) is 29.5 Å². The predicted molar refractivity (Wildman–Crippen MR) is 91.5 cm³/mol. The Morgan fingerprint density at radius 2 is 2.08 bits per heavy atom. The monoisotopic (exact) mass is 346 g/mol. The topological polar surface area (TPSA) is 84.4 Å². The number of rotatable bonds is 4. The van der Waals surface area contributed by atoms with Crippen LogP contribution in [0.2, 0.25) is 0 Å². The van der Waals surface area contributed by atoms with Crippen molar-refractivity contribution < 1.29 is 14.3 Å². The largest absolute Gasteiger partial charge is 0.465 e. The number of esters is 1. The van der Waals surface area contributed by atoms with Gasteiger partial charge in [0.05, 0.1) is 12.7 Å². The first-order valence-electron chi connectivity index (χ1n) is 7.55. The SMILES string of the molecule is COC(=O)c1ccsc1N1CCC(Nc2nc(C)cc(C)n2)C1=O. The number of thiophene rings is 1. The highest BCUT2D eigenvalue weighted by atomic mass is 32.1. The van der Waals surface area contributed by atoms with E-state index >= 15 is 0 Å². The smallest absolute Gasteiger partial charge is 0.340 e. The fourth-order valence-electron chi connectivity index (χ4n) is 2.74. The molecule has 0 aliphatic carbocycles. The molecule has 1 N–H and O–H groups in total. The van der Waals surface area contributed by atoms with Crippen molar-refractivity contribution in [3.63, 3.8) is 0 Å². The molecule has 0 saturated carbocycles. The van der Waals surface area contributed by atoms with Crippen molar-refractivity contribution in [2.75, 3.05) is 23.9 Å². The van der Waals surface area contributed by atoms with Gasteiger partial charge in [0.25, 0.3) is 0 Å². The van der Waals surface area contributed by atoms with E-state index in [-0.39, 0.29) is 5.91 Å². The zero-order chi connectivity index (χ0) is 17.3.